The number of oxime groups is 1. The summed E-state index contributed by atoms with van der Waals surface area (Å²) in [5, 5.41) is 10.1. The van der Waals surface area contributed by atoms with Crippen LogP contribution in [0.15, 0.2) is 22.3 Å². The lowest BCUT2D eigenvalue weighted by Gasteiger charge is -2.48. The number of amides is 3. The predicted molar refractivity (Wildman–Crippen MR) is 134 cm³/mol. The molecule has 2 aliphatic heterocycles. The number of thiazole rings is 1. The fourth-order valence-electron chi connectivity index (χ4n) is 3.20. The molecule has 2 N–H and O–H groups in total. The van der Waals surface area contributed by atoms with E-state index in [2.05, 4.69) is 20.8 Å². The summed E-state index contributed by atoms with van der Waals surface area (Å²) in [6, 6.07) is -0.881. The number of rotatable bonds is 6. The number of esters is 1. The molecule has 0 saturated carbocycles. The number of anilines is 1. The van der Waals surface area contributed by atoms with Crippen LogP contribution in [0.4, 0.5) is 9.93 Å². The number of β-lactam (4-membered cyclic amide) rings is 1. The zero-order valence-corrected chi connectivity index (χ0v) is 22.7. The number of ether oxygens (including phenoxy) is 2. The molecule has 36 heavy (non-hydrogen) atoms. The van der Waals surface area contributed by atoms with Gasteiger partial charge in [-0.15, -0.1) is 23.1 Å². The second-order valence-electron chi connectivity index (χ2n) is 9.76. The summed E-state index contributed by atoms with van der Waals surface area (Å²) in [5.74, 6) is -1.27. The van der Waals surface area contributed by atoms with Crippen molar-refractivity contribution in [3.63, 3.8) is 0 Å². The topological polar surface area (TPSA) is 149 Å². The summed E-state index contributed by atoms with van der Waals surface area (Å²) < 4.78 is 10.6. The van der Waals surface area contributed by atoms with Gasteiger partial charge in [0.05, 0.1) is 0 Å². The third kappa shape index (κ3) is 6.55. The highest BCUT2D eigenvalue weighted by Gasteiger charge is 2.53. The van der Waals surface area contributed by atoms with Crippen LogP contribution in [0.2, 0.25) is 0 Å². The molecule has 1 aromatic rings. The molecule has 2 atom stereocenters. The fraction of sp³-hybridized carbons (Fsp3) is 0.545. The van der Waals surface area contributed by atoms with Crippen LogP contribution in [-0.4, -0.2) is 75.0 Å². The summed E-state index contributed by atoms with van der Waals surface area (Å²) in [6.45, 7) is 10.4. The van der Waals surface area contributed by atoms with Crippen LogP contribution in [-0.2, 0) is 28.7 Å². The van der Waals surface area contributed by atoms with Crippen LogP contribution in [0.3, 0.4) is 0 Å². The Morgan fingerprint density at radius 1 is 1.14 bits per heavy atom. The molecule has 2 aliphatic rings. The molecular weight excluding hydrogens is 510 g/mol. The number of nitrogens with one attached hydrogen (secondary N) is 2. The predicted octanol–water partition coefficient (Wildman–Crippen LogP) is 2.47. The molecule has 3 amide bonds. The largest absolute Gasteiger partial charge is 0.455 e. The molecule has 0 unspecified atom stereocenters. The first kappa shape index (κ1) is 27.5. The van der Waals surface area contributed by atoms with E-state index in [9.17, 15) is 19.2 Å². The smallest absolute Gasteiger partial charge is 0.413 e. The van der Waals surface area contributed by atoms with Gasteiger partial charge < -0.3 is 19.6 Å². The average molecular weight is 540 g/mol. The van der Waals surface area contributed by atoms with Crippen molar-refractivity contribution in [2.24, 2.45) is 5.16 Å². The zero-order chi connectivity index (χ0) is 26.8. The monoisotopic (exact) mass is 539 g/mol. The van der Waals surface area contributed by atoms with E-state index < -0.39 is 46.5 Å². The van der Waals surface area contributed by atoms with Crippen LogP contribution in [0.1, 0.15) is 47.2 Å². The molecule has 1 aromatic heterocycles. The summed E-state index contributed by atoms with van der Waals surface area (Å²) in [7, 11) is 1.27. The standard InChI is InChI=1S/C22H29N5O7S2/c1-21(2,3)33-18(30)12-8-9-35-17-14(16(29)27(12)17)24-15(28)13(26-32-7)11-10-36-19(23-11)25-20(31)34-22(4,5)6/h8,10,14,17H,9H2,1-7H3,(H,24,28)(H,23,25,31)/b26-13+/t14-,17-/m1/s1. The van der Waals surface area contributed by atoms with Gasteiger partial charge in [-0.3, -0.25) is 19.8 Å². The van der Waals surface area contributed by atoms with Gasteiger partial charge in [-0.05, 0) is 47.6 Å². The van der Waals surface area contributed by atoms with E-state index in [1.165, 1.54) is 29.2 Å². The molecule has 1 saturated heterocycles. The van der Waals surface area contributed by atoms with Crippen LogP contribution >= 0.6 is 23.1 Å². The average Bonchev–Trinajstić information content (AvgIpc) is 3.20. The van der Waals surface area contributed by atoms with Crippen molar-refractivity contribution < 1.29 is 33.5 Å². The number of nitrogens with zero attached hydrogens (tertiary/aromatic N) is 3. The molecule has 0 bridgehead atoms. The maximum Gasteiger partial charge on any atom is 0.413 e. The number of thioether (sulfide) groups is 1. The van der Waals surface area contributed by atoms with Crippen molar-refractivity contribution in [3.8, 4) is 0 Å². The first-order chi connectivity index (χ1) is 16.7. The molecule has 3 rings (SSSR count). The Morgan fingerprint density at radius 2 is 1.81 bits per heavy atom. The van der Waals surface area contributed by atoms with Crippen molar-refractivity contribution in [1.82, 2.24) is 15.2 Å². The fourth-order valence-corrected chi connectivity index (χ4v) is 5.07. The van der Waals surface area contributed by atoms with Crippen molar-refractivity contribution in [2.45, 2.75) is 64.2 Å². The summed E-state index contributed by atoms with van der Waals surface area (Å²) in [5.41, 5.74) is -1.28. The highest BCUT2D eigenvalue weighted by atomic mass is 32.2. The second-order valence-corrected chi connectivity index (χ2v) is 11.8. The van der Waals surface area contributed by atoms with Gasteiger partial charge in [0.2, 0.25) is 0 Å². The Morgan fingerprint density at radius 3 is 2.42 bits per heavy atom. The quantitative estimate of drug-likeness (QED) is 0.241. The first-order valence-electron chi connectivity index (χ1n) is 11.0. The lowest BCUT2D eigenvalue weighted by atomic mass is 10.0. The van der Waals surface area contributed by atoms with Gasteiger partial charge in [-0.1, -0.05) is 5.16 Å². The first-order valence-corrected chi connectivity index (χ1v) is 12.9. The molecule has 3 heterocycles. The highest BCUT2D eigenvalue weighted by molar-refractivity contribution is 8.00. The van der Waals surface area contributed by atoms with Gasteiger partial charge in [-0.2, -0.15) is 0 Å². The van der Waals surface area contributed by atoms with Gasteiger partial charge in [0.15, 0.2) is 10.8 Å². The molecule has 196 valence electrons. The molecule has 0 aliphatic carbocycles. The SMILES string of the molecule is CO/N=C(/C(=O)N[C@@H]1C(=O)N2C(C(=O)OC(C)(C)C)=CCS[C@H]12)c1csc(NC(=O)OC(C)(C)C)n1. The Balaban J connectivity index is 1.68. The van der Waals surface area contributed by atoms with Crippen molar-refractivity contribution in [1.29, 1.82) is 0 Å². The molecule has 0 aromatic carbocycles. The summed E-state index contributed by atoms with van der Waals surface area (Å²) in [6.07, 6.45) is 0.943. The van der Waals surface area contributed by atoms with Gasteiger partial charge in [0.25, 0.3) is 11.8 Å². The minimum atomic E-state index is -0.881. The maximum absolute atomic E-state index is 13.0. The third-order valence-corrected chi connectivity index (χ3v) is 6.43. The second kappa shape index (κ2) is 10.5. The summed E-state index contributed by atoms with van der Waals surface area (Å²) >= 11 is 2.47. The van der Waals surface area contributed by atoms with Gasteiger partial charge in [0, 0.05) is 11.1 Å². The van der Waals surface area contributed by atoms with Gasteiger partial charge in [0.1, 0.15) is 41.1 Å². The minimum Gasteiger partial charge on any atom is -0.455 e. The normalized spacial score (nSPS) is 20.0. The van der Waals surface area contributed by atoms with Gasteiger partial charge in [-0.25, -0.2) is 14.6 Å². The zero-order valence-electron chi connectivity index (χ0n) is 21.0. The van der Waals surface area contributed by atoms with Crippen molar-refractivity contribution >= 4 is 57.8 Å². The van der Waals surface area contributed by atoms with E-state index in [0.717, 1.165) is 11.3 Å². The van der Waals surface area contributed by atoms with E-state index in [1.807, 2.05) is 0 Å². The Labute approximate surface area is 216 Å². The molecule has 14 heteroatoms. The van der Waals surface area contributed by atoms with E-state index in [1.54, 1.807) is 47.6 Å². The number of fused-ring (bicyclic) bond motifs is 1. The molecule has 0 radical (unpaired) electrons. The lowest BCUT2D eigenvalue weighted by molar-refractivity contribution is -0.158. The Hall–Kier alpha value is -3.13. The number of carbonyl (C=O) groups is 4. The number of aromatic nitrogens is 1. The molecule has 1 fully saturated rings. The van der Waals surface area contributed by atoms with Crippen molar-refractivity contribution in [3.05, 3.63) is 22.8 Å². The molecular formula is C22H29N5O7S2. The Bertz CT molecular complexity index is 1120. The number of carbonyl (C=O) groups excluding carboxylic acids is 4. The molecule has 0 spiro atoms. The number of hydrogen-bond acceptors (Lipinski definition) is 11. The molecule has 12 nitrogen and oxygen atoms in total. The maximum atomic E-state index is 13.0. The highest BCUT2D eigenvalue weighted by Crippen LogP contribution is 2.38. The minimum absolute atomic E-state index is 0.139. The van der Waals surface area contributed by atoms with Gasteiger partial charge >= 0.3 is 12.1 Å². The summed E-state index contributed by atoms with van der Waals surface area (Å²) in [4.78, 5) is 60.8. The van der Waals surface area contributed by atoms with Crippen LogP contribution in [0.25, 0.3) is 0 Å². The third-order valence-electron chi connectivity index (χ3n) is 4.49. The van der Waals surface area contributed by atoms with Crippen LogP contribution < -0.4 is 10.6 Å². The van der Waals surface area contributed by atoms with E-state index in [0.29, 0.717) is 5.75 Å². The van der Waals surface area contributed by atoms with Crippen LogP contribution in [0.5, 0.6) is 0 Å². The van der Waals surface area contributed by atoms with E-state index in [4.69, 9.17) is 14.3 Å². The van der Waals surface area contributed by atoms with E-state index in [-0.39, 0.29) is 22.2 Å². The lowest BCUT2D eigenvalue weighted by Crippen LogP contribution is -2.70. The Kier molecular flexibility index (Phi) is 7.98. The number of hydrogen-bond donors (Lipinski definition) is 2. The van der Waals surface area contributed by atoms with Crippen LogP contribution in [0, 0.1) is 0 Å². The van der Waals surface area contributed by atoms with Crippen molar-refractivity contribution in [2.75, 3.05) is 18.2 Å². The van der Waals surface area contributed by atoms with E-state index >= 15 is 0 Å².